The highest BCUT2D eigenvalue weighted by Gasteiger charge is 2.31. The molecular weight excluding hydrogens is 380 g/mol. The SMILES string of the molecule is COc1cccc(NC(=O)COC(=O)c2c(NC(=O)C3CC3)sc(C)c2C)c1. The van der Waals surface area contributed by atoms with E-state index in [2.05, 4.69) is 10.6 Å². The van der Waals surface area contributed by atoms with Crippen LogP contribution in [0, 0.1) is 19.8 Å². The van der Waals surface area contributed by atoms with Crippen LogP contribution in [-0.2, 0) is 14.3 Å². The Morgan fingerprint density at radius 1 is 1.18 bits per heavy atom. The molecule has 0 spiro atoms. The summed E-state index contributed by atoms with van der Waals surface area (Å²) in [5, 5.41) is 5.95. The Bertz CT molecular complexity index is 917. The molecule has 0 unspecified atom stereocenters. The van der Waals surface area contributed by atoms with Crippen LogP contribution in [0.1, 0.15) is 33.6 Å². The normalized spacial score (nSPS) is 13.0. The van der Waals surface area contributed by atoms with Crippen LogP contribution in [0.2, 0.25) is 0 Å². The Kier molecular flexibility index (Phi) is 5.99. The van der Waals surface area contributed by atoms with E-state index < -0.39 is 18.5 Å². The number of hydrogen-bond donors (Lipinski definition) is 2. The van der Waals surface area contributed by atoms with Crippen molar-refractivity contribution in [3.63, 3.8) is 0 Å². The predicted molar refractivity (Wildman–Crippen MR) is 107 cm³/mol. The molecule has 3 rings (SSSR count). The van der Waals surface area contributed by atoms with Gasteiger partial charge in [-0.15, -0.1) is 11.3 Å². The van der Waals surface area contributed by atoms with Gasteiger partial charge in [-0.3, -0.25) is 9.59 Å². The van der Waals surface area contributed by atoms with Gasteiger partial charge >= 0.3 is 5.97 Å². The summed E-state index contributed by atoms with van der Waals surface area (Å²) < 4.78 is 10.3. The molecule has 7 nitrogen and oxygen atoms in total. The molecule has 1 heterocycles. The summed E-state index contributed by atoms with van der Waals surface area (Å²) in [7, 11) is 1.54. The second-order valence-corrected chi connectivity index (χ2v) is 7.83. The molecule has 1 aliphatic rings. The van der Waals surface area contributed by atoms with Crippen LogP contribution in [-0.4, -0.2) is 31.5 Å². The van der Waals surface area contributed by atoms with Crippen LogP contribution < -0.4 is 15.4 Å². The van der Waals surface area contributed by atoms with Crippen molar-refractivity contribution in [2.75, 3.05) is 24.4 Å². The van der Waals surface area contributed by atoms with E-state index in [1.54, 1.807) is 31.2 Å². The minimum Gasteiger partial charge on any atom is -0.497 e. The lowest BCUT2D eigenvalue weighted by Gasteiger charge is -2.09. The lowest BCUT2D eigenvalue weighted by Crippen LogP contribution is -2.22. The number of carbonyl (C=O) groups excluding carboxylic acids is 3. The van der Waals surface area contributed by atoms with Gasteiger partial charge in [-0.1, -0.05) is 6.07 Å². The fourth-order valence-corrected chi connectivity index (χ4v) is 3.67. The Balaban J connectivity index is 1.62. The van der Waals surface area contributed by atoms with Crippen molar-refractivity contribution in [1.29, 1.82) is 0 Å². The van der Waals surface area contributed by atoms with Crippen LogP contribution in [0.25, 0.3) is 0 Å². The fourth-order valence-electron chi connectivity index (χ4n) is 2.62. The van der Waals surface area contributed by atoms with Gasteiger partial charge in [0.05, 0.1) is 12.7 Å². The Morgan fingerprint density at radius 2 is 1.93 bits per heavy atom. The number of amides is 2. The van der Waals surface area contributed by atoms with Gasteiger partial charge in [-0.05, 0) is 44.4 Å². The number of hydrogen-bond acceptors (Lipinski definition) is 6. The Labute approximate surface area is 167 Å². The van der Waals surface area contributed by atoms with Gasteiger partial charge in [0.1, 0.15) is 10.8 Å². The maximum absolute atomic E-state index is 12.6. The van der Waals surface area contributed by atoms with E-state index >= 15 is 0 Å². The zero-order chi connectivity index (χ0) is 20.3. The van der Waals surface area contributed by atoms with Gasteiger partial charge in [0.2, 0.25) is 5.91 Å². The van der Waals surface area contributed by atoms with Crippen molar-refractivity contribution < 1.29 is 23.9 Å². The number of aryl methyl sites for hydroxylation is 1. The standard InChI is InChI=1S/C20H22N2O5S/c1-11-12(2)28-19(22-18(24)13-7-8-13)17(11)20(25)27-10-16(23)21-14-5-4-6-15(9-14)26-3/h4-6,9,13H,7-8,10H2,1-3H3,(H,21,23)(H,22,24). The van der Waals surface area contributed by atoms with Gasteiger partial charge in [0.25, 0.3) is 5.91 Å². The minimum atomic E-state index is -0.631. The molecule has 148 valence electrons. The second kappa shape index (κ2) is 8.43. The third-order valence-corrected chi connectivity index (χ3v) is 5.58. The van der Waals surface area contributed by atoms with E-state index in [0.29, 0.717) is 22.0 Å². The number of nitrogens with one attached hydrogen (secondary N) is 2. The summed E-state index contributed by atoms with van der Waals surface area (Å²) in [6.45, 7) is 3.24. The molecule has 0 bridgehead atoms. The molecule has 28 heavy (non-hydrogen) atoms. The van der Waals surface area contributed by atoms with E-state index in [1.165, 1.54) is 18.4 Å². The van der Waals surface area contributed by atoms with Gasteiger partial charge in [-0.2, -0.15) is 0 Å². The van der Waals surface area contributed by atoms with Crippen molar-refractivity contribution in [2.24, 2.45) is 5.92 Å². The average Bonchev–Trinajstić information content (AvgIpc) is 3.48. The number of methoxy groups -OCH3 is 1. The summed E-state index contributed by atoms with van der Waals surface area (Å²) in [6.07, 6.45) is 1.75. The highest BCUT2D eigenvalue weighted by molar-refractivity contribution is 7.16. The molecule has 2 N–H and O–H groups in total. The predicted octanol–water partition coefficient (Wildman–Crippen LogP) is 3.52. The maximum atomic E-state index is 12.6. The summed E-state index contributed by atoms with van der Waals surface area (Å²) in [5.74, 6) is -0.537. The monoisotopic (exact) mass is 402 g/mol. The quantitative estimate of drug-likeness (QED) is 0.691. The zero-order valence-electron chi connectivity index (χ0n) is 16.0. The lowest BCUT2D eigenvalue weighted by atomic mass is 10.1. The number of thiophene rings is 1. The molecule has 2 amide bonds. The number of carbonyl (C=O) groups is 3. The number of ether oxygens (including phenoxy) is 2. The molecular formula is C20H22N2O5S. The number of benzene rings is 1. The van der Waals surface area contributed by atoms with Crippen molar-refractivity contribution >= 4 is 39.8 Å². The smallest absolute Gasteiger partial charge is 0.341 e. The first-order valence-corrected chi connectivity index (χ1v) is 9.72. The molecule has 0 saturated heterocycles. The molecule has 1 aromatic heterocycles. The van der Waals surface area contributed by atoms with Gasteiger partial charge < -0.3 is 20.1 Å². The van der Waals surface area contributed by atoms with E-state index in [4.69, 9.17) is 9.47 Å². The molecule has 0 radical (unpaired) electrons. The summed E-state index contributed by atoms with van der Waals surface area (Å²) in [5.41, 5.74) is 1.60. The van der Waals surface area contributed by atoms with Crippen LogP contribution >= 0.6 is 11.3 Å². The summed E-state index contributed by atoms with van der Waals surface area (Å²) >= 11 is 1.34. The zero-order valence-corrected chi connectivity index (χ0v) is 16.8. The van der Waals surface area contributed by atoms with Crippen LogP contribution in [0.15, 0.2) is 24.3 Å². The van der Waals surface area contributed by atoms with Crippen LogP contribution in [0.5, 0.6) is 5.75 Å². The Morgan fingerprint density at radius 3 is 2.61 bits per heavy atom. The van der Waals surface area contributed by atoms with Gasteiger partial charge in [-0.25, -0.2) is 4.79 Å². The van der Waals surface area contributed by atoms with E-state index in [-0.39, 0.29) is 11.8 Å². The highest BCUT2D eigenvalue weighted by atomic mass is 32.1. The molecule has 0 atom stereocenters. The first-order chi connectivity index (χ1) is 13.4. The van der Waals surface area contributed by atoms with E-state index in [0.717, 1.165) is 23.3 Å². The van der Waals surface area contributed by atoms with Gasteiger partial charge in [0, 0.05) is 22.5 Å². The number of rotatable bonds is 7. The molecule has 1 aliphatic carbocycles. The minimum absolute atomic E-state index is 0.0280. The van der Waals surface area contributed by atoms with E-state index in [1.807, 2.05) is 6.92 Å². The number of anilines is 2. The largest absolute Gasteiger partial charge is 0.497 e. The van der Waals surface area contributed by atoms with Crippen molar-refractivity contribution in [1.82, 2.24) is 0 Å². The molecule has 8 heteroatoms. The molecule has 2 aromatic rings. The topological polar surface area (TPSA) is 93.7 Å². The second-order valence-electron chi connectivity index (χ2n) is 6.61. The average molecular weight is 402 g/mol. The third-order valence-electron chi connectivity index (χ3n) is 4.46. The maximum Gasteiger partial charge on any atom is 0.341 e. The lowest BCUT2D eigenvalue weighted by molar-refractivity contribution is -0.119. The Hall–Kier alpha value is -2.87. The van der Waals surface area contributed by atoms with Gasteiger partial charge in [0.15, 0.2) is 6.61 Å². The highest BCUT2D eigenvalue weighted by Crippen LogP contribution is 2.36. The van der Waals surface area contributed by atoms with Crippen LogP contribution in [0.3, 0.4) is 0 Å². The third kappa shape index (κ3) is 4.69. The number of esters is 1. The fraction of sp³-hybridized carbons (Fsp3) is 0.350. The summed E-state index contributed by atoms with van der Waals surface area (Å²) in [4.78, 5) is 37.6. The molecule has 0 aliphatic heterocycles. The van der Waals surface area contributed by atoms with Crippen LogP contribution in [0.4, 0.5) is 10.7 Å². The summed E-state index contributed by atoms with van der Waals surface area (Å²) in [6, 6.07) is 6.87. The van der Waals surface area contributed by atoms with Crippen molar-refractivity contribution in [3.05, 3.63) is 40.3 Å². The molecule has 1 fully saturated rings. The van der Waals surface area contributed by atoms with E-state index in [9.17, 15) is 14.4 Å². The first-order valence-electron chi connectivity index (χ1n) is 8.91. The first kappa shape index (κ1) is 19.9. The van der Waals surface area contributed by atoms with Crippen molar-refractivity contribution in [3.8, 4) is 5.75 Å². The molecule has 1 saturated carbocycles. The van der Waals surface area contributed by atoms with Crippen molar-refractivity contribution in [2.45, 2.75) is 26.7 Å². The molecule has 1 aromatic carbocycles.